The van der Waals surface area contributed by atoms with Gasteiger partial charge in [0.15, 0.2) is 0 Å². The molecule has 0 spiro atoms. The lowest BCUT2D eigenvalue weighted by Gasteiger charge is -1.99. The Hall–Kier alpha value is -1.26. The lowest BCUT2D eigenvalue weighted by atomic mass is 10.2. The van der Waals surface area contributed by atoms with Gasteiger partial charge in [-0.05, 0) is 36.4 Å². The molecule has 2 rings (SSSR count). The number of benzene rings is 1. The van der Waals surface area contributed by atoms with Gasteiger partial charge in [-0.15, -0.1) is 11.3 Å². The average Bonchev–Trinajstić information content (AvgIpc) is 2.73. The zero-order valence-corrected chi connectivity index (χ0v) is 10.3. The molecule has 1 N–H and O–H groups in total. The molecule has 0 fully saturated rings. The molecule has 0 radical (unpaired) electrons. The fraction of sp³-hybridized carbons (Fsp3) is 0.231. The summed E-state index contributed by atoms with van der Waals surface area (Å²) in [6, 6.07) is 7.46. The van der Waals surface area contributed by atoms with E-state index in [9.17, 15) is 8.78 Å². The number of nitrogens with one attached hydrogen (secondary N) is 1. The molecular weight excluding hydrogens is 240 g/mol. The average molecular weight is 253 g/mol. The van der Waals surface area contributed by atoms with Crippen LogP contribution in [0.2, 0.25) is 0 Å². The fourth-order valence-electron chi connectivity index (χ4n) is 1.57. The fourth-order valence-corrected chi connectivity index (χ4v) is 2.54. The summed E-state index contributed by atoms with van der Waals surface area (Å²) < 4.78 is 26.2. The van der Waals surface area contributed by atoms with Crippen LogP contribution in [0.1, 0.15) is 11.8 Å². The highest BCUT2D eigenvalue weighted by Gasteiger charge is 2.06. The van der Waals surface area contributed by atoms with E-state index in [1.165, 1.54) is 12.1 Å². The molecule has 0 amide bonds. The zero-order valence-electron chi connectivity index (χ0n) is 9.47. The SMILES string of the molecule is CCNCc1ccc(-c2cc(F)cc(F)c2)s1. The van der Waals surface area contributed by atoms with Gasteiger partial charge in [-0.1, -0.05) is 6.92 Å². The van der Waals surface area contributed by atoms with E-state index in [0.717, 1.165) is 28.9 Å². The Bertz CT molecular complexity index is 488. The summed E-state index contributed by atoms with van der Waals surface area (Å²) in [5.41, 5.74) is 0.593. The van der Waals surface area contributed by atoms with Crippen molar-refractivity contribution in [3.63, 3.8) is 0 Å². The molecule has 0 aliphatic heterocycles. The van der Waals surface area contributed by atoms with Crippen LogP contribution in [0.3, 0.4) is 0 Å². The maximum Gasteiger partial charge on any atom is 0.126 e. The van der Waals surface area contributed by atoms with Gasteiger partial charge in [-0.3, -0.25) is 0 Å². The van der Waals surface area contributed by atoms with Crippen LogP contribution in [0.25, 0.3) is 10.4 Å². The highest BCUT2D eigenvalue weighted by Crippen LogP contribution is 2.29. The first-order chi connectivity index (χ1) is 8.19. The molecule has 1 heterocycles. The van der Waals surface area contributed by atoms with Gasteiger partial charge in [0.2, 0.25) is 0 Å². The second-order valence-corrected chi connectivity index (χ2v) is 4.87. The Morgan fingerprint density at radius 1 is 1.12 bits per heavy atom. The molecular formula is C13H13F2NS. The molecule has 1 aromatic carbocycles. The van der Waals surface area contributed by atoms with Crippen molar-refractivity contribution in [1.82, 2.24) is 5.32 Å². The van der Waals surface area contributed by atoms with Crippen LogP contribution < -0.4 is 5.32 Å². The van der Waals surface area contributed by atoms with Crippen molar-refractivity contribution in [1.29, 1.82) is 0 Å². The topological polar surface area (TPSA) is 12.0 Å². The van der Waals surface area contributed by atoms with Crippen molar-refractivity contribution < 1.29 is 8.78 Å². The molecule has 0 saturated heterocycles. The molecule has 0 saturated carbocycles. The number of halogens is 2. The maximum absolute atomic E-state index is 13.1. The highest BCUT2D eigenvalue weighted by molar-refractivity contribution is 7.15. The third-order valence-electron chi connectivity index (χ3n) is 2.36. The zero-order chi connectivity index (χ0) is 12.3. The van der Waals surface area contributed by atoms with Gasteiger partial charge in [0.1, 0.15) is 11.6 Å². The van der Waals surface area contributed by atoms with Crippen LogP contribution in [-0.4, -0.2) is 6.54 Å². The van der Waals surface area contributed by atoms with Gasteiger partial charge in [-0.25, -0.2) is 8.78 Å². The number of rotatable bonds is 4. The Morgan fingerprint density at radius 2 is 1.82 bits per heavy atom. The van der Waals surface area contributed by atoms with E-state index in [1.807, 2.05) is 19.1 Å². The number of hydrogen-bond acceptors (Lipinski definition) is 2. The van der Waals surface area contributed by atoms with Gasteiger partial charge in [0.05, 0.1) is 0 Å². The minimum Gasteiger partial charge on any atom is -0.312 e. The van der Waals surface area contributed by atoms with Crippen molar-refractivity contribution >= 4 is 11.3 Å². The minimum atomic E-state index is -0.540. The molecule has 90 valence electrons. The molecule has 0 aliphatic carbocycles. The van der Waals surface area contributed by atoms with E-state index < -0.39 is 11.6 Å². The molecule has 17 heavy (non-hydrogen) atoms. The summed E-state index contributed by atoms with van der Waals surface area (Å²) in [6.45, 7) is 3.73. The van der Waals surface area contributed by atoms with Gasteiger partial charge in [0, 0.05) is 22.4 Å². The Labute approximate surface area is 103 Å². The Morgan fingerprint density at radius 3 is 2.47 bits per heavy atom. The predicted octanol–water partition coefficient (Wildman–Crippen LogP) is 3.80. The maximum atomic E-state index is 13.1. The quantitative estimate of drug-likeness (QED) is 0.873. The normalized spacial score (nSPS) is 10.8. The molecule has 0 aliphatic rings. The van der Waals surface area contributed by atoms with E-state index in [0.29, 0.717) is 5.56 Å². The summed E-state index contributed by atoms with van der Waals surface area (Å²) in [5, 5.41) is 3.21. The van der Waals surface area contributed by atoms with E-state index in [-0.39, 0.29) is 0 Å². The van der Waals surface area contributed by atoms with Crippen LogP contribution >= 0.6 is 11.3 Å². The smallest absolute Gasteiger partial charge is 0.126 e. The van der Waals surface area contributed by atoms with Gasteiger partial charge in [0.25, 0.3) is 0 Å². The number of thiophene rings is 1. The van der Waals surface area contributed by atoms with E-state index >= 15 is 0 Å². The molecule has 0 atom stereocenters. The lowest BCUT2D eigenvalue weighted by Crippen LogP contribution is -2.10. The summed E-state index contributed by atoms with van der Waals surface area (Å²) in [6.07, 6.45) is 0. The lowest BCUT2D eigenvalue weighted by molar-refractivity contribution is 0.584. The first-order valence-corrected chi connectivity index (χ1v) is 6.26. The number of hydrogen-bond donors (Lipinski definition) is 1. The van der Waals surface area contributed by atoms with Gasteiger partial charge in [-0.2, -0.15) is 0 Å². The van der Waals surface area contributed by atoms with Crippen LogP contribution in [0.15, 0.2) is 30.3 Å². The van der Waals surface area contributed by atoms with E-state index in [4.69, 9.17) is 0 Å². The van der Waals surface area contributed by atoms with Crippen LogP contribution in [0.4, 0.5) is 8.78 Å². The molecule has 0 bridgehead atoms. The van der Waals surface area contributed by atoms with Crippen molar-refractivity contribution in [3.8, 4) is 10.4 Å². The Kier molecular flexibility index (Phi) is 3.86. The first-order valence-electron chi connectivity index (χ1n) is 5.45. The van der Waals surface area contributed by atoms with Crippen LogP contribution in [0, 0.1) is 11.6 Å². The monoisotopic (exact) mass is 253 g/mol. The summed E-state index contributed by atoms with van der Waals surface area (Å²) >= 11 is 1.55. The minimum absolute atomic E-state index is 0.540. The molecule has 1 nitrogen and oxygen atoms in total. The molecule has 0 unspecified atom stereocenters. The standard InChI is InChI=1S/C13H13F2NS/c1-2-16-8-12-3-4-13(17-12)9-5-10(14)7-11(15)6-9/h3-7,16H,2,8H2,1H3. The third-order valence-corrected chi connectivity index (χ3v) is 3.49. The van der Waals surface area contributed by atoms with Crippen molar-refractivity contribution in [2.45, 2.75) is 13.5 Å². The highest BCUT2D eigenvalue weighted by atomic mass is 32.1. The third kappa shape index (κ3) is 3.11. The van der Waals surface area contributed by atoms with E-state index in [2.05, 4.69) is 5.32 Å². The molecule has 2 aromatic rings. The van der Waals surface area contributed by atoms with Crippen molar-refractivity contribution in [2.75, 3.05) is 6.54 Å². The first kappa shape index (κ1) is 12.2. The molecule has 1 aromatic heterocycles. The van der Waals surface area contributed by atoms with Crippen molar-refractivity contribution in [2.24, 2.45) is 0 Å². The van der Waals surface area contributed by atoms with Crippen LogP contribution in [-0.2, 0) is 6.54 Å². The van der Waals surface area contributed by atoms with Gasteiger partial charge >= 0.3 is 0 Å². The van der Waals surface area contributed by atoms with Crippen LogP contribution in [0.5, 0.6) is 0 Å². The summed E-state index contributed by atoms with van der Waals surface area (Å²) in [5.74, 6) is -1.08. The predicted molar refractivity (Wildman–Crippen MR) is 67.1 cm³/mol. The molecule has 4 heteroatoms. The van der Waals surface area contributed by atoms with Gasteiger partial charge < -0.3 is 5.32 Å². The summed E-state index contributed by atoms with van der Waals surface area (Å²) in [7, 11) is 0. The summed E-state index contributed by atoms with van der Waals surface area (Å²) in [4.78, 5) is 2.04. The van der Waals surface area contributed by atoms with E-state index in [1.54, 1.807) is 11.3 Å². The van der Waals surface area contributed by atoms with Crippen molar-refractivity contribution in [3.05, 3.63) is 46.8 Å². The largest absolute Gasteiger partial charge is 0.312 e. The Balaban J connectivity index is 2.24. The second-order valence-electron chi connectivity index (χ2n) is 3.70. The second kappa shape index (κ2) is 5.38.